The Kier molecular flexibility index (Phi) is 8.56. The first kappa shape index (κ1) is 24.3. The Bertz CT molecular complexity index is 838. The van der Waals surface area contributed by atoms with Crippen molar-refractivity contribution in [2.24, 2.45) is 5.92 Å². The van der Waals surface area contributed by atoms with E-state index in [1.54, 1.807) is 39.0 Å². The third kappa shape index (κ3) is 8.02. The number of amides is 1. The van der Waals surface area contributed by atoms with Gasteiger partial charge in [-0.25, -0.2) is 9.18 Å². The highest BCUT2D eigenvalue weighted by atomic mass is 19.1. The van der Waals surface area contributed by atoms with Gasteiger partial charge in [-0.3, -0.25) is 4.79 Å². The number of rotatable bonds is 9. The van der Waals surface area contributed by atoms with Crippen LogP contribution in [0.2, 0.25) is 0 Å². The smallest absolute Gasteiger partial charge is 0.407 e. The van der Waals surface area contributed by atoms with Crippen molar-refractivity contribution in [3.63, 3.8) is 0 Å². The number of alkyl halides is 1. The quantitative estimate of drug-likeness (QED) is 0.551. The van der Waals surface area contributed by atoms with E-state index in [-0.39, 0.29) is 18.4 Å². The zero-order valence-corrected chi connectivity index (χ0v) is 18.0. The molecule has 2 aromatic carbocycles. The molecule has 0 saturated carbocycles. The Morgan fingerprint density at radius 2 is 1.58 bits per heavy atom. The van der Waals surface area contributed by atoms with Crippen LogP contribution in [0.1, 0.15) is 44.5 Å². The maximum absolute atomic E-state index is 15.0. The minimum absolute atomic E-state index is 0.224. The number of alkyl carbamates (subject to hydrolysis) is 1. The number of ether oxygens (including phenoxy) is 1. The SMILES string of the molecule is CC(C)(C)OC(=O)NC(Cc1ccccc1)C(O)CC(C(=O)O)C(F)c1ccccc1. The predicted molar refractivity (Wildman–Crippen MR) is 115 cm³/mol. The van der Waals surface area contributed by atoms with E-state index in [4.69, 9.17) is 4.74 Å². The molecule has 0 aliphatic heterocycles. The summed E-state index contributed by atoms with van der Waals surface area (Å²) in [7, 11) is 0. The van der Waals surface area contributed by atoms with Crippen molar-refractivity contribution >= 4 is 12.1 Å². The van der Waals surface area contributed by atoms with Gasteiger partial charge in [0.05, 0.1) is 18.1 Å². The second kappa shape index (κ2) is 10.9. The first-order valence-electron chi connectivity index (χ1n) is 10.2. The van der Waals surface area contributed by atoms with E-state index in [0.29, 0.717) is 0 Å². The molecule has 6 nitrogen and oxygen atoms in total. The number of aliphatic carboxylic acids is 1. The Hall–Kier alpha value is -2.93. The largest absolute Gasteiger partial charge is 0.481 e. The highest BCUT2D eigenvalue weighted by Crippen LogP contribution is 2.31. The normalized spacial score (nSPS) is 15.4. The molecule has 0 radical (unpaired) electrons. The van der Waals surface area contributed by atoms with E-state index in [0.717, 1.165) is 5.56 Å². The van der Waals surface area contributed by atoms with Crippen molar-refractivity contribution < 1.29 is 28.9 Å². The van der Waals surface area contributed by atoms with Crippen molar-refractivity contribution in [1.29, 1.82) is 0 Å². The Morgan fingerprint density at radius 1 is 1.03 bits per heavy atom. The van der Waals surface area contributed by atoms with Crippen molar-refractivity contribution in [2.45, 2.75) is 57.5 Å². The minimum Gasteiger partial charge on any atom is -0.481 e. The molecule has 0 heterocycles. The third-order valence-electron chi connectivity index (χ3n) is 4.75. The summed E-state index contributed by atoms with van der Waals surface area (Å²) in [4.78, 5) is 24.1. The average Bonchev–Trinajstić information content (AvgIpc) is 2.70. The summed E-state index contributed by atoms with van der Waals surface area (Å²) in [6, 6.07) is 16.2. The molecule has 4 unspecified atom stereocenters. The van der Waals surface area contributed by atoms with Crippen molar-refractivity contribution in [2.75, 3.05) is 0 Å². The number of hydrogen-bond acceptors (Lipinski definition) is 4. The van der Waals surface area contributed by atoms with Crippen molar-refractivity contribution in [1.82, 2.24) is 5.32 Å². The monoisotopic (exact) mass is 431 g/mol. The van der Waals surface area contributed by atoms with Gasteiger partial charge < -0.3 is 20.3 Å². The summed E-state index contributed by atoms with van der Waals surface area (Å²) < 4.78 is 20.3. The maximum Gasteiger partial charge on any atom is 0.407 e. The molecular weight excluding hydrogens is 401 g/mol. The molecule has 2 rings (SSSR count). The summed E-state index contributed by atoms with van der Waals surface area (Å²) in [6.07, 6.45) is -3.99. The van der Waals surface area contributed by atoms with Gasteiger partial charge in [0, 0.05) is 0 Å². The minimum atomic E-state index is -1.80. The molecule has 168 valence electrons. The molecule has 0 fully saturated rings. The fourth-order valence-electron chi connectivity index (χ4n) is 3.25. The van der Waals surface area contributed by atoms with Crippen LogP contribution in [0, 0.1) is 5.92 Å². The molecule has 31 heavy (non-hydrogen) atoms. The summed E-state index contributed by atoms with van der Waals surface area (Å²) in [6.45, 7) is 5.13. The highest BCUT2D eigenvalue weighted by molar-refractivity contribution is 5.71. The van der Waals surface area contributed by atoms with Crippen LogP contribution in [0.25, 0.3) is 0 Å². The lowest BCUT2D eigenvalue weighted by atomic mass is 9.88. The molecule has 0 aromatic heterocycles. The van der Waals surface area contributed by atoms with Crippen LogP contribution in [-0.2, 0) is 16.0 Å². The Labute approximate surface area is 182 Å². The fourth-order valence-corrected chi connectivity index (χ4v) is 3.25. The lowest BCUT2D eigenvalue weighted by Crippen LogP contribution is -2.48. The van der Waals surface area contributed by atoms with E-state index < -0.39 is 41.9 Å². The van der Waals surface area contributed by atoms with Gasteiger partial charge >= 0.3 is 12.1 Å². The zero-order chi connectivity index (χ0) is 23.0. The lowest BCUT2D eigenvalue weighted by Gasteiger charge is -2.29. The molecule has 4 atom stereocenters. The first-order chi connectivity index (χ1) is 14.6. The number of carbonyl (C=O) groups excluding carboxylic acids is 1. The molecule has 0 bridgehead atoms. The van der Waals surface area contributed by atoms with Crippen LogP contribution >= 0.6 is 0 Å². The number of aliphatic hydroxyl groups excluding tert-OH is 1. The van der Waals surface area contributed by atoms with Gasteiger partial charge in [0.25, 0.3) is 0 Å². The molecule has 2 aromatic rings. The fraction of sp³-hybridized carbons (Fsp3) is 0.417. The molecule has 7 heteroatoms. The van der Waals surface area contributed by atoms with Gasteiger partial charge in [-0.2, -0.15) is 0 Å². The molecule has 0 spiro atoms. The second-order valence-electron chi connectivity index (χ2n) is 8.50. The molecule has 1 amide bonds. The van der Waals surface area contributed by atoms with Crippen LogP contribution in [0.4, 0.5) is 9.18 Å². The second-order valence-corrected chi connectivity index (χ2v) is 8.50. The van der Waals surface area contributed by atoms with Gasteiger partial charge in [-0.1, -0.05) is 60.7 Å². The van der Waals surface area contributed by atoms with Gasteiger partial charge in [-0.05, 0) is 44.7 Å². The number of carboxylic acids is 1. The van der Waals surface area contributed by atoms with Crippen LogP contribution < -0.4 is 5.32 Å². The predicted octanol–water partition coefficient (Wildman–Crippen LogP) is 4.29. The third-order valence-corrected chi connectivity index (χ3v) is 4.75. The first-order valence-corrected chi connectivity index (χ1v) is 10.2. The summed E-state index contributed by atoms with van der Waals surface area (Å²) >= 11 is 0. The van der Waals surface area contributed by atoms with Gasteiger partial charge in [-0.15, -0.1) is 0 Å². The Balaban J connectivity index is 2.19. The van der Waals surface area contributed by atoms with E-state index in [1.807, 2.05) is 30.3 Å². The number of hydrogen-bond donors (Lipinski definition) is 3. The van der Waals surface area contributed by atoms with E-state index >= 15 is 0 Å². The maximum atomic E-state index is 15.0. The van der Waals surface area contributed by atoms with E-state index in [9.17, 15) is 24.2 Å². The van der Waals surface area contributed by atoms with Crippen LogP contribution in [0.5, 0.6) is 0 Å². The summed E-state index contributed by atoms with van der Waals surface area (Å²) in [5.74, 6) is -2.83. The molecule has 0 saturated heterocycles. The van der Waals surface area contributed by atoms with Crippen LogP contribution in [0.15, 0.2) is 60.7 Å². The van der Waals surface area contributed by atoms with E-state index in [1.165, 1.54) is 12.1 Å². The number of benzene rings is 2. The highest BCUT2D eigenvalue weighted by Gasteiger charge is 2.35. The topological polar surface area (TPSA) is 95.9 Å². The van der Waals surface area contributed by atoms with Crippen molar-refractivity contribution in [3.05, 3.63) is 71.8 Å². The summed E-state index contributed by atoms with van der Waals surface area (Å²) in [5.41, 5.74) is 0.309. The average molecular weight is 432 g/mol. The lowest BCUT2D eigenvalue weighted by molar-refractivity contribution is -0.145. The van der Waals surface area contributed by atoms with Crippen LogP contribution in [-0.4, -0.2) is 40.0 Å². The number of carboxylic acid groups (broad SMARTS) is 1. The van der Waals surface area contributed by atoms with Gasteiger partial charge in [0.15, 0.2) is 0 Å². The number of halogens is 1. The van der Waals surface area contributed by atoms with Crippen LogP contribution in [0.3, 0.4) is 0 Å². The summed E-state index contributed by atoms with van der Waals surface area (Å²) in [5, 5.41) is 23.0. The Morgan fingerprint density at radius 3 is 2.10 bits per heavy atom. The standard InChI is InChI=1S/C24H30FNO5/c1-24(2,3)31-23(30)26-19(14-16-10-6-4-7-11-16)20(27)15-18(22(28)29)21(25)17-12-8-5-9-13-17/h4-13,18-21,27H,14-15H2,1-3H3,(H,26,30)(H,28,29). The van der Waals surface area contributed by atoms with Gasteiger partial charge in [0.2, 0.25) is 0 Å². The number of nitrogens with one attached hydrogen (secondary N) is 1. The zero-order valence-electron chi connectivity index (χ0n) is 18.0. The van der Waals surface area contributed by atoms with E-state index in [2.05, 4.69) is 5.32 Å². The number of carbonyl (C=O) groups is 2. The molecular formula is C24H30FNO5. The van der Waals surface area contributed by atoms with Gasteiger partial charge in [0.1, 0.15) is 11.8 Å². The van der Waals surface area contributed by atoms with Crippen molar-refractivity contribution in [3.8, 4) is 0 Å². The molecule has 3 N–H and O–H groups in total. The number of aliphatic hydroxyl groups is 1. The molecule has 0 aliphatic rings. The molecule has 0 aliphatic carbocycles.